The van der Waals surface area contributed by atoms with E-state index in [2.05, 4.69) is 5.32 Å². The molecule has 0 aliphatic heterocycles. The number of carbonyl (C=O) groups is 2. The number of hydrogen-bond donors (Lipinski definition) is 2. The number of ether oxygens (including phenoxy) is 1. The number of halogens is 1. The molecule has 3 aromatic carbocycles. The predicted molar refractivity (Wildman–Crippen MR) is 161 cm³/mol. The van der Waals surface area contributed by atoms with Crippen molar-refractivity contribution >= 4 is 35.2 Å². The maximum absolute atomic E-state index is 13.4. The van der Waals surface area contributed by atoms with Crippen molar-refractivity contribution in [2.45, 2.75) is 32.4 Å². The van der Waals surface area contributed by atoms with Crippen LogP contribution in [-0.2, 0) is 9.53 Å². The quantitative estimate of drug-likeness (QED) is 0.180. The van der Waals surface area contributed by atoms with Crippen molar-refractivity contribution in [3.8, 4) is 22.5 Å². The van der Waals surface area contributed by atoms with Crippen LogP contribution in [0.25, 0.3) is 22.5 Å². The highest BCUT2D eigenvalue weighted by Crippen LogP contribution is 2.35. The van der Waals surface area contributed by atoms with E-state index in [4.69, 9.17) is 20.8 Å². The number of aryl methyl sites for hydroxylation is 1. The molecule has 0 aliphatic rings. The van der Waals surface area contributed by atoms with Crippen LogP contribution in [0.3, 0.4) is 0 Å². The highest BCUT2D eigenvalue weighted by molar-refractivity contribution is 7.98. The Labute approximate surface area is 243 Å². The minimum atomic E-state index is -1.05. The number of nitrogens with one attached hydrogen (secondary N) is 1. The molecule has 1 amide bonds. The van der Waals surface area contributed by atoms with Crippen molar-refractivity contribution in [3.63, 3.8) is 0 Å². The van der Waals surface area contributed by atoms with Gasteiger partial charge in [-0.1, -0.05) is 41.9 Å². The number of carboxylic acid groups (broad SMARTS) is 1. The second-order valence-corrected chi connectivity index (χ2v) is 10.7. The van der Waals surface area contributed by atoms with Gasteiger partial charge in [0.1, 0.15) is 23.7 Å². The Morgan fingerprint density at radius 3 is 2.45 bits per heavy atom. The van der Waals surface area contributed by atoms with E-state index in [0.717, 1.165) is 22.3 Å². The molecule has 0 saturated carbocycles. The van der Waals surface area contributed by atoms with Crippen LogP contribution >= 0.6 is 23.4 Å². The lowest BCUT2D eigenvalue weighted by Gasteiger charge is -2.20. The molecule has 2 N–H and O–H groups in total. The summed E-state index contributed by atoms with van der Waals surface area (Å²) in [5.41, 5.74) is 4.66. The second-order valence-electron chi connectivity index (χ2n) is 9.31. The van der Waals surface area contributed by atoms with Crippen LogP contribution in [0.5, 0.6) is 0 Å². The molecule has 4 aromatic rings. The van der Waals surface area contributed by atoms with Gasteiger partial charge in [0.15, 0.2) is 0 Å². The van der Waals surface area contributed by atoms with E-state index in [-0.39, 0.29) is 0 Å². The third kappa shape index (κ3) is 6.97. The van der Waals surface area contributed by atoms with Crippen molar-refractivity contribution in [1.82, 2.24) is 5.32 Å². The Bertz CT molecular complexity index is 1470. The molecule has 208 valence electrons. The van der Waals surface area contributed by atoms with Gasteiger partial charge in [0.25, 0.3) is 5.91 Å². The minimum absolute atomic E-state index is 0.334. The molecule has 0 radical (unpaired) electrons. The van der Waals surface area contributed by atoms with Gasteiger partial charge in [0.2, 0.25) is 0 Å². The van der Waals surface area contributed by atoms with Crippen LogP contribution in [0, 0.1) is 6.92 Å². The van der Waals surface area contributed by atoms with Crippen molar-refractivity contribution in [1.29, 1.82) is 0 Å². The van der Waals surface area contributed by atoms with E-state index < -0.39 is 24.0 Å². The Morgan fingerprint density at radius 2 is 1.77 bits per heavy atom. The fourth-order valence-corrected chi connectivity index (χ4v) is 5.12. The average Bonchev–Trinajstić information content (AvgIpc) is 3.44. The maximum Gasteiger partial charge on any atom is 0.326 e. The molecule has 6 nitrogen and oxygen atoms in total. The van der Waals surface area contributed by atoms with Gasteiger partial charge in [-0.15, -0.1) is 0 Å². The number of hydrogen-bond acceptors (Lipinski definition) is 5. The van der Waals surface area contributed by atoms with E-state index in [1.54, 1.807) is 6.07 Å². The average molecular weight is 578 g/mol. The SMILES string of the molecule is CCOC(c1ccc(C(=O)NC(CCSC)C(=O)O)c(-c2ccccc2C)c1)c1ccc(-c2ccc(Cl)cc2)o1. The van der Waals surface area contributed by atoms with Crippen LogP contribution in [0.1, 0.15) is 46.7 Å². The van der Waals surface area contributed by atoms with Crippen LogP contribution < -0.4 is 5.32 Å². The van der Waals surface area contributed by atoms with Crippen LogP contribution in [0.4, 0.5) is 0 Å². The number of thioether (sulfide) groups is 1. The van der Waals surface area contributed by atoms with E-state index in [1.807, 2.05) is 92.9 Å². The fourth-order valence-electron chi connectivity index (χ4n) is 4.52. The first-order valence-electron chi connectivity index (χ1n) is 13.0. The van der Waals surface area contributed by atoms with E-state index in [0.29, 0.717) is 46.5 Å². The predicted octanol–water partition coefficient (Wildman–Crippen LogP) is 7.64. The summed E-state index contributed by atoms with van der Waals surface area (Å²) in [4.78, 5) is 25.3. The van der Waals surface area contributed by atoms with Crippen molar-refractivity contribution in [2.75, 3.05) is 18.6 Å². The smallest absolute Gasteiger partial charge is 0.326 e. The molecule has 0 bridgehead atoms. The first-order chi connectivity index (χ1) is 19.3. The van der Waals surface area contributed by atoms with Gasteiger partial charge < -0.3 is 19.6 Å². The molecule has 40 heavy (non-hydrogen) atoms. The Kier molecular flexibility index (Phi) is 10.1. The van der Waals surface area contributed by atoms with Gasteiger partial charge in [-0.2, -0.15) is 11.8 Å². The molecular formula is C32H32ClNO5S. The van der Waals surface area contributed by atoms with Crippen molar-refractivity contribution < 1.29 is 23.8 Å². The van der Waals surface area contributed by atoms with Gasteiger partial charge in [0, 0.05) is 22.8 Å². The van der Waals surface area contributed by atoms with Gasteiger partial charge in [-0.3, -0.25) is 4.79 Å². The van der Waals surface area contributed by atoms with Crippen LogP contribution in [0.2, 0.25) is 5.02 Å². The number of aliphatic carboxylic acids is 1. The first kappa shape index (κ1) is 29.5. The molecule has 1 heterocycles. The molecule has 1 aromatic heterocycles. The summed E-state index contributed by atoms with van der Waals surface area (Å²) in [6.45, 7) is 4.34. The first-order valence-corrected chi connectivity index (χ1v) is 14.8. The third-order valence-corrected chi connectivity index (χ3v) is 7.48. The largest absolute Gasteiger partial charge is 0.480 e. The molecular weight excluding hydrogens is 546 g/mol. The summed E-state index contributed by atoms with van der Waals surface area (Å²) in [7, 11) is 0. The van der Waals surface area contributed by atoms with E-state index in [9.17, 15) is 14.7 Å². The normalized spacial score (nSPS) is 12.6. The molecule has 8 heteroatoms. The van der Waals surface area contributed by atoms with Crippen LogP contribution in [-0.4, -0.2) is 41.6 Å². The number of carboxylic acids is 1. The fraction of sp³-hybridized carbons (Fsp3) is 0.250. The molecule has 0 fully saturated rings. The molecule has 0 spiro atoms. The molecule has 2 unspecified atom stereocenters. The number of furan rings is 1. The summed E-state index contributed by atoms with van der Waals surface area (Å²) in [5.74, 6) is 0.452. The Hall–Kier alpha value is -3.52. The van der Waals surface area contributed by atoms with Gasteiger partial charge >= 0.3 is 5.97 Å². The van der Waals surface area contributed by atoms with Gasteiger partial charge in [0.05, 0.1) is 0 Å². The summed E-state index contributed by atoms with van der Waals surface area (Å²) in [6.07, 6.45) is 1.72. The zero-order valence-corrected chi connectivity index (χ0v) is 24.2. The molecule has 0 saturated heterocycles. The Morgan fingerprint density at radius 1 is 1.02 bits per heavy atom. The van der Waals surface area contributed by atoms with E-state index in [1.165, 1.54) is 11.8 Å². The third-order valence-electron chi connectivity index (χ3n) is 6.59. The lowest BCUT2D eigenvalue weighted by Crippen LogP contribution is -2.41. The number of carbonyl (C=O) groups excluding carboxylic acids is 1. The zero-order chi connectivity index (χ0) is 28.6. The topological polar surface area (TPSA) is 88.8 Å². The number of amides is 1. The number of rotatable bonds is 12. The highest BCUT2D eigenvalue weighted by atomic mass is 35.5. The minimum Gasteiger partial charge on any atom is -0.480 e. The standard InChI is InChI=1S/C32H32ClNO5S/c1-4-38-30(29-16-15-28(39-29)21-9-12-23(33)13-10-21)22-11-14-25(26(19-22)24-8-6-5-7-20(24)2)31(35)34-27(32(36)37)17-18-40-3/h5-16,19,27,30H,4,17-18H2,1-3H3,(H,34,35)(H,36,37). The molecule has 4 rings (SSSR count). The monoisotopic (exact) mass is 577 g/mol. The molecule has 2 atom stereocenters. The van der Waals surface area contributed by atoms with Gasteiger partial charge in [-0.25, -0.2) is 4.79 Å². The molecule has 0 aliphatic carbocycles. The highest BCUT2D eigenvalue weighted by Gasteiger charge is 2.25. The van der Waals surface area contributed by atoms with E-state index >= 15 is 0 Å². The van der Waals surface area contributed by atoms with Crippen molar-refractivity contribution in [3.05, 3.63) is 106 Å². The summed E-state index contributed by atoms with van der Waals surface area (Å²) >= 11 is 7.58. The Balaban J connectivity index is 1.74. The maximum atomic E-state index is 13.4. The number of benzene rings is 3. The summed E-state index contributed by atoms with van der Waals surface area (Å²) < 4.78 is 12.4. The lowest BCUT2D eigenvalue weighted by molar-refractivity contribution is -0.139. The summed E-state index contributed by atoms with van der Waals surface area (Å²) in [5, 5.41) is 13.0. The second kappa shape index (κ2) is 13.7. The summed E-state index contributed by atoms with van der Waals surface area (Å²) in [6, 6.07) is 23.5. The van der Waals surface area contributed by atoms with Crippen LogP contribution in [0.15, 0.2) is 83.3 Å². The van der Waals surface area contributed by atoms with Crippen molar-refractivity contribution in [2.24, 2.45) is 0 Å². The lowest BCUT2D eigenvalue weighted by atomic mass is 9.92. The zero-order valence-electron chi connectivity index (χ0n) is 22.6. The van der Waals surface area contributed by atoms with Gasteiger partial charge in [-0.05, 0) is 103 Å².